The number of nitrogens with zero attached hydrogens (tertiary/aromatic N) is 1. The summed E-state index contributed by atoms with van der Waals surface area (Å²) < 4.78 is 0. The minimum atomic E-state index is -0.273. The summed E-state index contributed by atoms with van der Waals surface area (Å²) in [5, 5.41) is 3.63. The van der Waals surface area contributed by atoms with E-state index in [0.29, 0.717) is 6.04 Å². The molecule has 0 bridgehead atoms. The normalized spacial score (nSPS) is 27.2. The molecule has 2 aliphatic heterocycles. The SMILES string of the molecule is NC(=O)N1CCC(NCC2CCSC2)CC1. The zero-order valence-electron chi connectivity index (χ0n) is 9.65. The first-order chi connectivity index (χ1) is 7.75. The average Bonchev–Trinajstić information content (AvgIpc) is 2.80. The number of nitrogens with one attached hydrogen (secondary N) is 1. The molecule has 2 amide bonds. The van der Waals surface area contributed by atoms with Crippen molar-refractivity contribution >= 4 is 17.8 Å². The van der Waals surface area contributed by atoms with Gasteiger partial charge in [-0.25, -0.2) is 4.79 Å². The fourth-order valence-electron chi connectivity index (χ4n) is 2.38. The zero-order chi connectivity index (χ0) is 11.4. The van der Waals surface area contributed by atoms with Gasteiger partial charge in [-0.1, -0.05) is 0 Å². The van der Waals surface area contributed by atoms with Crippen LogP contribution in [0.1, 0.15) is 19.3 Å². The minimum absolute atomic E-state index is 0.273. The standard InChI is InChI=1S/C11H21N3OS/c12-11(15)14-4-1-10(2-5-14)13-7-9-3-6-16-8-9/h9-10,13H,1-8H2,(H2,12,15). The second kappa shape index (κ2) is 5.77. The molecule has 1 unspecified atom stereocenters. The molecule has 0 aromatic rings. The van der Waals surface area contributed by atoms with Gasteiger partial charge in [0.1, 0.15) is 0 Å². The Morgan fingerprint density at radius 3 is 2.69 bits per heavy atom. The Balaban J connectivity index is 1.63. The smallest absolute Gasteiger partial charge is 0.314 e. The lowest BCUT2D eigenvalue weighted by molar-refractivity contribution is 0.184. The second-order valence-corrected chi connectivity index (χ2v) is 5.89. The first-order valence-electron chi connectivity index (χ1n) is 6.11. The van der Waals surface area contributed by atoms with Gasteiger partial charge >= 0.3 is 6.03 Å². The number of likely N-dealkylation sites (tertiary alicyclic amines) is 1. The minimum Gasteiger partial charge on any atom is -0.351 e. The van der Waals surface area contributed by atoms with E-state index in [1.165, 1.54) is 17.9 Å². The number of urea groups is 1. The summed E-state index contributed by atoms with van der Waals surface area (Å²) in [4.78, 5) is 12.7. The lowest BCUT2D eigenvalue weighted by Crippen LogP contribution is -2.47. The zero-order valence-corrected chi connectivity index (χ0v) is 10.5. The molecule has 16 heavy (non-hydrogen) atoms. The molecule has 4 nitrogen and oxygen atoms in total. The Morgan fingerprint density at radius 2 is 2.12 bits per heavy atom. The molecular formula is C11H21N3OS. The maximum absolute atomic E-state index is 11.0. The molecule has 0 aromatic carbocycles. The van der Waals surface area contributed by atoms with Gasteiger partial charge in [0.15, 0.2) is 0 Å². The van der Waals surface area contributed by atoms with E-state index in [-0.39, 0.29) is 6.03 Å². The summed E-state index contributed by atoms with van der Waals surface area (Å²) in [5.41, 5.74) is 5.25. The summed E-state index contributed by atoms with van der Waals surface area (Å²) >= 11 is 2.06. The van der Waals surface area contributed by atoms with Crippen LogP contribution in [0.5, 0.6) is 0 Å². The van der Waals surface area contributed by atoms with Gasteiger partial charge in [0.25, 0.3) is 0 Å². The number of hydrogen-bond acceptors (Lipinski definition) is 3. The van der Waals surface area contributed by atoms with E-state index in [1.807, 2.05) is 0 Å². The highest BCUT2D eigenvalue weighted by Gasteiger charge is 2.22. The van der Waals surface area contributed by atoms with Gasteiger partial charge in [-0.15, -0.1) is 0 Å². The molecule has 0 saturated carbocycles. The molecule has 1 atom stereocenters. The summed E-state index contributed by atoms with van der Waals surface area (Å²) in [6.07, 6.45) is 3.45. The first kappa shape index (κ1) is 12.0. The number of piperidine rings is 1. The lowest BCUT2D eigenvalue weighted by Gasteiger charge is -2.31. The molecule has 2 fully saturated rings. The van der Waals surface area contributed by atoms with Crippen LogP contribution in [-0.2, 0) is 0 Å². The highest BCUT2D eigenvalue weighted by atomic mass is 32.2. The Hall–Kier alpha value is -0.420. The van der Waals surface area contributed by atoms with Gasteiger partial charge in [0, 0.05) is 19.1 Å². The van der Waals surface area contributed by atoms with Crippen molar-refractivity contribution in [2.24, 2.45) is 11.7 Å². The molecular weight excluding hydrogens is 222 g/mol. The van der Waals surface area contributed by atoms with Crippen molar-refractivity contribution < 1.29 is 4.79 Å². The van der Waals surface area contributed by atoms with Crippen molar-refractivity contribution in [1.82, 2.24) is 10.2 Å². The van der Waals surface area contributed by atoms with Crippen LogP contribution < -0.4 is 11.1 Å². The Bertz CT molecular complexity index is 235. The largest absolute Gasteiger partial charge is 0.351 e. The van der Waals surface area contributed by atoms with Crippen LogP contribution in [0.3, 0.4) is 0 Å². The number of thioether (sulfide) groups is 1. The predicted octanol–water partition coefficient (Wildman–Crippen LogP) is 0.872. The van der Waals surface area contributed by atoms with Gasteiger partial charge in [0.2, 0.25) is 0 Å². The molecule has 2 saturated heterocycles. The summed E-state index contributed by atoms with van der Waals surface area (Å²) in [5.74, 6) is 3.50. The molecule has 0 spiro atoms. The average molecular weight is 243 g/mol. The molecule has 2 rings (SSSR count). The summed E-state index contributed by atoms with van der Waals surface area (Å²) in [6.45, 7) is 2.77. The highest BCUT2D eigenvalue weighted by molar-refractivity contribution is 7.99. The number of amides is 2. The van der Waals surface area contributed by atoms with E-state index >= 15 is 0 Å². The molecule has 3 N–H and O–H groups in total. The van der Waals surface area contributed by atoms with Crippen LogP contribution in [-0.4, -0.2) is 48.1 Å². The number of primary amides is 1. The molecule has 0 aliphatic carbocycles. The van der Waals surface area contributed by atoms with Crippen LogP contribution >= 0.6 is 11.8 Å². The molecule has 2 aliphatic rings. The molecule has 2 heterocycles. The van der Waals surface area contributed by atoms with Gasteiger partial charge in [-0.2, -0.15) is 11.8 Å². The summed E-state index contributed by atoms with van der Waals surface area (Å²) in [6, 6.07) is 0.312. The van der Waals surface area contributed by atoms with Gasteiger partial charge in [-0.3, -0.25) is 0 Å². The van der Waals surface area contributed by atoms with E-state index in [1.54, 1.807) is 4.90 Å². The van der Waals surface area contributed by atoms with Gasteiger partial charge < -0.3 is 16.0 Å². The van der Waals surface area contributed by atoms with Crippen LogP contribution in [0.25, 0.3) is 0 Å². The van der Waals surface area contributed by atoms with Crippen molar-refractivity contribution in [2.45, 2.75) is 25.3 Å². The number of hydrogen-bond donors (Lipinski definition) is 2. The van der Waals surface area contributed by atoms with E-state index in [4.69, 9.17) is 5.73 Å². The third-order valence-corrected chi connectivity index (χ3v) is 4.76. The van der Waals surface area contributed by atoms with E-state index in [2.05, 4.69) is 17.1 Å². The number of nitrogens with two attached hydrogens (primary N) is 1. The second-order valence-electron chi connectivity index (χ2n) is 4.74. The molecule has 0 aromatic heterocycles. The predicted molar refractivity (Wildman–Crippen MR) is 67.6 cm³/mol. The Kier molecular flexibility index (Phi) is 4.35. The quantitative estimate of drug-likeness (QED) is 0.773. The van der Waals surface area contributed by atoms with Crippen molar-refractivity contribution in [3.8, 4) is 0 Å². The van der Waals surface area contributed by atoms with Gasteiger partial charge in [0.05, 0.1) is 0 Å². The van der Waals surface area contributed by atoms with Crippen molar-refractivity contribution in [1.29, 1.82) is 0 Å². The Morgan fingerprint density at radius 1 is 1.38 bits per heavy atom. The van der Waals surface area contributed by atoms with Crippen molar-refractivity contribution in [3.05, 3.63) is 0 Å². The van der Waals surface area contributed by atoms with Crippen LogP contribution in [0, 0.1) is 5.92 Å². The fourth-order valence-corrected chi connectivity index (χ4v) is 3.67. The number of rotatable bonds is 3. The lowest BCUT2D eigenvalue weighted by atomic mass is 10.0. The van der Waals surface area contributed by atoms with Gasteiger partial charge in [-0.05, 0) is 43.2 Å². The topological polar surface area (TPSA) is 58.4 Å². The number of carbonyl (C=O) groups excluding carboxylic acids is 1. The van der Waals surface area contributed by atoms with Crippen LogP contribution in [0.2, 0.25) is 0 Å². The molecule has 92 valence electrons. The fraction of sp³-hybridized carbons (Fsp3) is 0.909. The van der Waals surface area contributed by atoms with Crippen LogP contribution in [0.15, 0.2) is 0 Å². The third-order valence-electron chi connectivity index (χ3n) is 3.53. The molecule has 0 radical (unpaired) electrons. The van der Waals surface area contributed by atoms with Crippen molar-refractivity contribution in [3.63, 3.8) is 0 Å². The number of carbonyl (C=O) groups is 1. The van der Waals surface area contributed by atoms with E-state index in [0.717, 1.165) is 38.4 Å². The monoisotopic (exact) mass is 243 g/mol. The Labute approximate surface area is 101 Å². The highest BCUT2D eigenvalue weighted by Crippen LogP contribution is 2.23. The molecule has 5 heteroatoms. The van der Waals surface area contributed by atoms with Crippen molar-refractivity contribution in [2.75, 3.05) is 31.1 Å². The van der Waals surface area contributed by atoms with E-state index < -0.39 is 0 Å². The van der Waals surface area contributed by atoms with Crippen LogP contribution in [0.4, 0.5) is 4.79 Å². The van der Waals surface area contributed by atoms with E-state index in [9.17, 15) is 4.79 Å². The summed E-state index contributed by atoms with van der Waals surface area (Å²) in [7, 11) is 0. The maximum atomic E-state index is 11.0. The maximum Gasteiger partial charge on any atom is 0.314 e. The first-order valence-corrected chi connectivity index (χ1v) is 7.26. The third kappa shape index (κ3) is 3.28.